The van der Waals surface area contributed by atoms with Gasteiger partial charge in [0.1, 0.15) is 17.7 Å². The van der Waals surface area contributed by atoms with Crippen LogP contribution < -0.4 is 20.4 Å². The summed E-state index contributed by atoms with van der Waals surface area (Å²) in [5, 5.41) is 22.0. The highest BCUT2D eigenvalue weighted by atomic mass is 19.1. The lowest BCUT2D eigenvalue weighted by Crippen LogP contribution is -2.47. The Kier molecular flexibility index (Phi) is 7.67. The van der Waals surface area contributed by atoms with Gasteiger partial charge < -0.3 is 30.3 Å². The molecule has 2 fully saturated rings. The molecule has 0 spiro atoms. The highest BCUT2D eigenvalue weighted by Gasteiger charge is 2.28. The number of rotatable bonds is 8. The fourth-order valence-electron chi connectivity index (χ4n) is 4.89. The van der Waals surface area contributed by atoms with E-state index >= 15 is 0 Å². The first-order valence-electron chi connectivity index (χ1n) is 13.6. The van der Waals surface area contributed by atoms with Crippen molar-refractivity contribution < 1.29 is 14.2 Å². The Morgan fingerprint density at radius 2 is 1.73 bits per heavy atom. The summed E-state index contributed by atoms with van der Waals surface area (Å²) in [7, 11) is 0. The molecule has 0 saturated carbocycles. The minimum atomic E-state index is -1.34. The van der Waals surface area contributed by atoms with Gasteiger partial charge in [0, 0.05) is 63.4 Å². The molecule has 14 heteroatoms. The number of anilines is 4. The van der Waals surface area contributed by atoms with E-state index in [9.17, 15) is 9.50 Å². The maximum Gasteiger partial charge on any atom is 0.232 e. The van der Waals surface area contributed by atoms with E-state index < -0.39 is 5.60 Å². The third kappa shape index (κ3) is 6.24. The van der Waals surface area contributed by atoms with Gasteiger partial charge in [-0.3, -0.25) is 4.68 Å². The van der Waals surface area contributed by atoms with Gasteiger partial charge in [-0.2, -0.15) is 10.1 Å². The Balaban J connectivity index is 1.04. The summed E-state index contributed by atoms with van der Waals surface area (Å²) in [5.74, 6) is 1.25. The Labute approximate surface area is 236 Å². The summed E-state index contributed by atoms with van der Waals surface area (Å²) in [6, 6.07) is 5.76. The quantitative estimate of drug-likeness (QED) is 0.285. The van der Waals surface area contributed by atoms with E-state index in [1.807, 2.05) is 10.9 Å². The van der Waals surface area contributed by atoms with Crippen LogP contribution in [0.2, 0.25) is 0 Å². The SMILES string of the molecule is CC(O)(c1ccc(F)cc1)c1cnc(N2CCN(c3ncnc(Nc4cnn(C[C@@H]5CNCCO5)c4)n3)CC2)nc1. The number of benzene rings is 1. The van der Waals surface area contributed by atoms with Crippen LogP contribution in [0.3, 0.4) is 0 Å². The number of hydrogen-bond donors (Lipinski definition) is 3. The fourth-order valence-corrected chi connectivity index (χ4v) is 4.89. The van der Waals surface area contributed by atoms with E-state index in [4.69, 9.17) is 4.74 Å². The smallest absolute Gasteiger partial charge is 0.232 e. The first-order chi connectivity index (χ1) is 19.9. The van der Waals surface area contributed by atoms with Crippen molar-refractivity contribution in [3.63, 3.8) is 0 Å². The van der Waals surface area contributed by atoms with Crippen molar-refractivity contribution >= 4 is 23.5 Å². The molecule has 0 bridgehead atoms. The second-order valence-electron chi connectivity index (χ2n) is 10.2. The molecule has 2 aliphatic rings. The van der Waals surface area contributed by atoms with Gasteiger partial charge in [0.2, 0.25) is 17.8 Å². The van der Waals surface area contributed by atoms with Crippen molar-refractivity contribution in [2.45, 2.75) is 25.2 Å². The van der Waals surface area contributed by atoms with E-state index in [2.05, 4.69) is 50.5 Å². The summed E-state index contributed by atoms with van der Waals surface area (Å²) in [6.45, 7) is 7.41. The van der Waals surface area contributed by atoms with Crippen LogP contribution in [0, 0.1) is 5.82 Å². The largest absolute Gasteiger partial charge is 0.381 e. The predicted molar refractivity (Wildman–Crippen MR) is 149 cm³/mol. The van der Waals surface area contributed by atoms with Gasteiger partial charge >= 0.3 is 0 Å². The van der Waals surface area contributed by atoms with Crippen LogP contribution in [0.15, 0.2) is 55.4 Å². The predicted octanol–water partition coefficient (Wildman–Crippen LogP) is 1.31. The number of aliphatic hydroxyl groups is 1. The second-order valence-corrected chi connectivity index (χ2v) is 10.2. The minimum absolute atomic E-state index is 0.0959. The maximum absolute atomic E-state index is 13.3. The number of ether oxygens (including phenoxy) is 1. The topological polar surface area (TPSA) is 142 Å². The number of hydrogen-bond acceptors (Lipinski definition) is 12. The van der Waals surface area contributed by atoms with Crippen molar-refractivity contribution in [2.24, 2.45) is 0 Å². The summed E-state index contributed by atoms with van der Waals surface area (Å²) in [5.41, 5.74) is 0.543. The molecule has 3 aromatic heterocycles. The second kappa shape index (κ2) is 11.7. The molecule has 0 radical (unpaired) electrons. The van der Waals surface area contributed by atoms with Gasteiger partial charge in [0.15, 0.2) is 0 Å². The lowest BCUT2D eigenvalue weighted by molar-refractivity contribution is 0.0161. The van der Waals surface area contributed by atoms with Gasteiger partial charge in [-0.1, -0.05) is 12.1 Å². The molecule has 2 aliphatic heterocycles. The molecule has 5 heterocycles. The zero-order valence-corrected chi connectivity index (χ0v) is 22.7. The molecular formula is C27H32FN11O2. The highest BCUT2D eigenvalue weighted by molar-refractivity contribution is 5.51. The van der Waals surface area contributed by atoms with Gasteiger partial charge in [-0.15, -0.1) is 0 Å². The van der Waals surface area contributed by atoms with Crippen LogP contribution in [0.1, 0.15) is 18.1 Å². The molecule has 214 valence electrons. The number of aromatic nitrogens is 7. The molecule has 41 heavy (non-hydrogen) atoms. The molecule has 13 nitrogen and oxygen atoms in total. The maximum atomic E-state index is 13.3. The van der Waals surface area contributed by atoms with Crippen LogP contribution in [0.5, 0.6) is 0 Å². The van der Waals surface area contributed by atoms with Crippen molar-refractivity contribution in [1.29, 1.82) is 0 Å². The lowest BCUT2D eigenvalue weighted by Gasteiger charge is -2.34. The zero-order chi connectivity index (χ0) is 28.2. The summed E-state index contributed by atoms with van der Waals surface area (Å²) < 4.78 is 20.9. The average molecular weight is 562 g/mol. The Morgan fingerprint density at radius 1 is 1.00 bits per heavy atom. The summed E-state index contributed by atoms with van der Waals surface area (Å²) in [4.78, 5) is 26.4. The summed E-state index contributed by atoms with van der Waals surface area (Å²) in [6.07, 6.45) is 8.47. The third-order valence-corrected chi connectivity index (χ3v) is 7.30. The van der Waals surface area contributed by atoms with Crippen molar-refractivity contribution in [1.82, 2.24) is 40.0 Å². The standard InChI is InChI=1S/C27H32FN11O2/c1-27(40,19-2-4-21(28)5-3-19)20-12-30-25(31-13-20)37-7-9-38(10-8-37)26-33-18-32-24(36-26)35-22-14-34-39(16-22)17-23-15-29-6-11-41-23/h2-5,12-14,16,18,23,29,40H,6-11,15,17H2,1H3,(H,32,33,35,36)/t23-,27?/m0/s1. The van der Waals surface area contributed by atoms with Crippen LogP contribution in [-0.4, -0.2) is 91.8 Å². The zero-order valence-electron chi connectivity index (χ0n) is 22.7. The van der Waals surface area contributed by atoms with E-state index in [1.54, 1.807) is 37.6 Å². The number of morpholine rings is 1. The van der Waals surface area contributed by atoms with Gasteiger partial charge in [0.05, 0.1) is 31.1 Å². The molecule has 1 aromatic carbocycles. The molecule has 0 aliphatic carbocycles. The van der Waals surface area contributed by atoms with E-state index in [-0.39, 0.29) is 11.9 Å². The molecule has 2 saturated heterocycles. The third-order valence-electron chi connectivity index (χ3n) is 7.30. The van der Waals surface area contributed by atoms with Crippen LogP contribution >= 0.6 is 0 Å². The van der Waals surface area contributed by atoms with E-state index in [1.165, 1.54) is 18.5 Å². The van der Waals surface area contributed by atoms with Crippen LogP contribution in [-0.2, 0) is 16.9 Å². The number of piperazine rings is 1. The number of nitrogens with one attached hydrogen (secondary N) is 2. The molecule has 6 rings (SSSR count). The Hall–Kier alpha value is -4.27. The first-order valence-corrected chi connectivity index (χ1v) is 13.6. The van der Waals surface area contributed by atoms with Crippen molar-refractivity contribution in [3.05, 3.63) is 72.3 Å². The molecule has 0 amide bonds. The lowest BCUT2D eigenvalue weighted by atomic mass is 9.90. The van der Waals surface area contributed by atoms with E-state index in [0.29, 0.717) is 68.3 Å². The van der Waals surface area contributed by atoms with Gasteiger partial charge in [-0.05, 0) is 24.6 Å². The summed E-state index contributed by atoms with van der Waals surface area (Å²) >= 11 is 0. The van der Waals surface area contributed by atoms with Crippen LogP contribution in [0.25, 0.3) is 0 Å². The van der Waals surface area contributed by atoms with Crippen LogP contribution in [0.4, 0.5) is 27.9 Å². The minimum Gasteiger partial charge on any atom is -0.381 e. The molecule has 4 aromatic rings. The normalized spacial score (nSPS) is 19.1. The number of nitrogens with zero attached hydrogens (tertiary/aromatic N) is 9. The van der Waals surface area contributed by atoms with E-state index in [0.717, 1.165) is 18.8 Å². The molecule has 1 unspecified atom stereocenters. The van der Waals surface area contributed by atoms with Gasteiger partial charge in [0.25, 0.3) is 0 Å². The van der Waals surface area contributed by atoms with Crippen molar-refractivity contribution in [3.8, 4) is 0 Å². The Bertz CT molecular complexity index is 1430. The van der Waals surface area contributed by atoms with Crippen molar-refractivity contribution in [2.75, 3.05) is 61.0 Å². The fraction of sp³-hybridized carbons (Fsp3) is 0.407. The molecular weight excluding hydrogens is 529 g/mol. The highest BCUT2D eigenvalue weighted by Crippen LogP contribution is 2.29. The average Bonchev–Trinajstić information content (AvgIpc) is 3.44. The Morgan fingerprint density at radius 3 is 2.44 bits per heavy atom. The molecule has 3 N–H and O–H groups in total. The molecule has 2 atom stereocenters. The van der Waals surface area contributed by atoms with Gasteiger partial charge in [-0.25, -0.2) is 24.3 Å². The monoisotopic (exact) mass is 561 g/mol. The first kappa shape index (κ1) is 26.9. The number of halogens is 1.